The van der Waals surface area contributed by atoms with Gasteiger partial charge < -0.3 is 4.43 Å². The zero-order valence-electron chi connectivity index (χ0n) is 12.9. The van der Waals surface area contributed by atoms with Crippen LogP contribution < -0.4 is 5.19 Å². The molecule has 20 heavy (non-hydrogen) atoms. The lowest BCUT2D eigenvalue weighted by atomic mass is 9.99. The predicted molar refractivity (Wildman–Crippen MR) is 88.9 cm³/mol. The van der Waals surface area contributed by atoms with Crippen LogP contribution >= 0.6 is 0 Å². The fraction of sp³-hybridized carbons (Fsp3) is 0.333. The lowest BCUT2D eigenvalue weighted by molar-refractivity contribution is 0.104. The zero-order chi connectivity index (χ0) is 14.6. The molecule has 0 saturated carbocycles. The molecule has 0 aromatic heterocycles. The highest BCUT2D eigenvalue weighted by Crippen LogP contribution is 2.22. The van der Waals surface area contributed by atoms with Crippen molar-refractivity contribution < 1.29 is 4.43 Å². The van der Waals surface area contributed by atoms with Gasteiger partial charge in [-0.05, 0) is 44.1 Å². The Morgan fingerprint density at radius 3 is 1.90 bits per heavy atom. The van der Waals surface area contributed by atoms with Gasteiger partial charge in [0, 0.05) is 0 Å². The zero-order valence-corrected chi connectivity index (χ0v) is 13.9. The maximum Gasteiger partial charge on any atom is 0.218 e. The minimum atomic E-state index is -1.87. The van der Waals surface area contributed by atoms with Gasteiger partial charge in [0.2, 0.25) is 8.32 Å². The minimum absolute atomic E-state index is 0.146. The summed E-state index contributed by atoms with van der Waals surface area (Å²) in [7, 11) is -1.87. The number of rotatable bonds is 5. The number of hydrogen-bond acceptors (Lipinski definition) is 1. The van der Waals surface area contributed by atoms with Crippen molar-refractivity contribution in [1.29, 1.82) is 0 Å². The van der Waals surface area contributed by atoms with Crippen LogP contribution in [0.4, 0.5) is 0 Å². The molecular formula is C18H24OSi. The van der Waals surface area contributed by atoms with E-state index in [1.165, 1.54) is 10.8 Å². The van der Waals surface area contributed by atoms with E-state index in [4.69, 9.17) is 4.43 Å². The van der Waals surface area contributed by atoms with Crippen molar-refractivity contribution in [3.05, 3.63) is 66.2 Å². The van der Waals surface area contributed by atoms with Crippen LogP contribution in [0.3, 0.4) is 0 Å². The molecule has 0 saturated heterocycles. The van der Waals surface area contributed by atoms with Crippen LogP contribution in [-0.2, 0) is 10.8 Å². The second kappa shape index (κ2) is 5.94. The molecule has 0 fully saturated rings. The molecule has 2 aromatic carbocycles. The molecule has 0 atom stereocenters. The van der Waals surface area contributed by atoms with E-state index < -0.39 is 8.32 Å². The molecule has 0 N–H and O–H groups in total. The Morgan fingerprint density at radius 2 is 1.35 bits per heavy atom. The smallest absolute Gasteiger partial charge is 0.218 e. The largest absolute Gasteiger partial charge is 0.408 e. The molecule has 0 aliphatic carbocycles. The van der Waals surface area contributed by atoms with E-state index in [1.54, 1.807) is 0 Å². The summed E-state index contributed by atoms with van der Waals surface area (Å²) in [6.45, 7) is 8.93. The predicted octanol–water partition coefficient (Wildman–Crippen LogP) is 4.14. The molecule has 0 unspecified atom stereocenters. The van der Waals surface area contributed by atoms with Gasteiger partial charge in [0.05, 0.1) is 5.60 Å². The molecule has 0 aliphatic rings. The van der Waals surface area contributed by atoms with Crippen molar-refractivity contribution in [2.45, 2.75) is 39.0 Å². The van der Waals surface area contributed by atoms with Crippen LogP contribution in [-0.4, -0.2) is 13.9 Å². The van der Waals surface area contributed by atoms with Crippen LogP contribution in [0.15, 0.2) is 60.7 Å². The summed E-state index contributed by atoms with van der Waals surface area (Å²) in [5, 5.41) is 1.35. The summed E-state index contributed by atoms with van der Waals surface area (Å²) < 4.78 is 6.55. The third kappa shape index (κ3) is 4.05. The molecule has 0 spiro atoms. The molecule has 0 aliphatic heterocycles. The molecule has 2 heteroatoms. The van der Waals surface area contributed by atoms with Crippen LogP contribution in [0, 0.1) is 0 Å². The fourth-order valence-corrected chi connectivity index (χ4v) is 5.28. The van der Waals surface area contributed by atoms with Gasteiger partial charge in [-0.1, -0.05) is 60.7 Å². The Balaban J connectivity index is 2.11. The standard InChI is InChI=1S/C18H24OSi/c1-18(2,15-16-11-7-5-8-12-16)19-20(3,4)17-13-9-6-10-14-17/h5-14H,15H2,1-4H3. The molecule has 0 bridgehead atoms. The minimum Gasteiger partial charge on any atom is -0.408 e. The van der Waals surface area contributed by atoms with Gasteiger partial charge >= 0.3 is 0 Å². The van der Waals surface area contributed by atoms with Crippen LogP contribution in [0.2, 0.25) is 13.1 Å². The van der Waals surface area contributed by atoms with Crippen molar-refractivity contribution in [1.82, 2.24) is 0 Å². The van der Waals surface area contributed by atoms with Gasteiger partial charge in [0.15, 0.2) is 0 Å². The second-order valence-corrected chi connectivity index (χ2v) is 10.2. The fourth-order valence-electron chi connectivity index (χ4n) is 2.71. The van der Waals surface area contributed by atoms with Gasteiger partial charge in [0.1, 0.15) is 0 Å². The van der Waals surface area contributed by atoms with Gasteiger partial charge in [-0.25, -0.2) is 0 Å². The van der Waals surface area contributed by atoms with Crippen molar-refractivity contribution >= 4 is 13.5 Å². The first kappa shape index (κ1) is 15.0. The van der Waals surface area contributed by atoms with Crippen molar-refractivity contribution in [2.24, 2.45) is 0 Å². The first-order valence-corrected chi connectivity index (χ1v) is 10.1. The highest BCUT2D eigenvalue weighted by Gasteiger charge is 2.32. The number of benzene rings is 2. The molecule has 1 nitrogen and oxygen atoms in total. The van der Waals surface area contributed by atoms with E-state index in [-0.39, 0.29) is 5.60 Å². The van der Waals surface area contributed by atoms with E-state index in [0.29, 0.717) is 0 Å². The van der Waals surface area contributed by atoms with Gasteiger partial charge in [-0.3, -0.25) is 0 Å². The van der Waals surface area contributed by atoms with Crippen molar-refractivity contribution in [2.75, 3.05) is 0 Å². The Bertz CT molecular complexity index is 532. The summed E-state index contributed by atoms with van der Waals surface area (Å²) >= 11 is 0. The SMILES string of the molecule is CC(C)(Cc1ccccc1)O[Si](C)(C)c1ccccc1. The van der Waals surface area contributed by atoms with Crippen molar-refractivity contribution in [3.63, 3.8) is 0 Å². The molecular weight excluding hydrogens is 260 g/mol. The molecule has 2 rings (SSSR count). The molecule has 0 heterocycles. The normalized spacial score (nSPS) is 12.4. The average molecular weight is 284 g/mol. The summed E-state index contributed by atoms with van der Waals surface area (Å²) in [6.07, 6.45) is 0.942. The third-order valence-corrected chi connectivity index (χ3v) is 6.26. The van der Waals surface area contributed by atoms with Crippen LogP contribution in [0.25, 0.3) is 0 Å². The summed E-state index contributed by atoms with van der Waals surface area (Å²) in [5.41, 5.74) is 1.18. The monoisotopic (exact) mass is 284 g/mol. The summed E-state index contributed by atoms with van der Waals surface area (Å²) in [5.74, 6) is 0. The quantitative estimate of drug-likeness (QED) is 0.750. The van der Waals surface area contributed by atoms with E-state index in [1.807, 2.05) is 0 Å². The summed E-state index contributed by atoms with van der Waals surface area (Å²) in [6, 6.07) is 21.2. The van der Waals surface area contributed by atoms with Crippen LogP contribution in [0.5, 0.6) is 0 Å². The van der Waals surface area contributed by atoms with Crippen LogP contribution in [0.1, 0.15) is 19.4 Å². The first-order chi connectivity index (χ1) is 9.39. The van der Waals surface area contributed by atoms with Gasteiger partial charge in [-0.2, -0.15) is 0 Å². The topological polar surface area (TPSA) is 9.23 Å². The maximum atomic E-state index is 6.55. The van der Waals surface area contributed by atoms with E-state index >= 15 is 0 Å². The summed E-state index contributed by atoms with van der Waals surface area (Å²) in [4.78, 5) is 0. The number of hydrogen-bond donors (Lipinski definition) is 0. The van der Waals surface area contributed by atoms with E-state index in [9.17, 15) is 0 Å². The second-order valence-electron chi connectivity index (χ2n) is 6.40. The average Bonchev–Trinajstić information content (AvgIpc) is 2.39. The van der Waals surface area contributed by atoms with E-state index in [2.05, 4.69) is 87.6 Å². The highest BCUT2D eigenvalue weighted by atomic mass is 28.4. The molecule has 0 radical (unpaired) electrons. The van der Waals surface area contributed by atoms with Crippen molar-refractivity contribution in [3.8, 4) is 0 Å². The lowest BCUT2D eigenvalue weighted by Gasteiger charge is -2.35. The Morgan fingerprint density at radius 1 is 0.850 bits per heavy atom. The highest BCUT2D eigenvalue weighted by molar-refractivity contribution is 6.84. The van der Waals surface area contributed by atoms with Gasteiger partial charge in [0.25, 0.3) is 0 Å². The van der Waals surface area contributed by atoms with E-state index in [0.717, 1.165) is 6.42 Å². The molecule has 0 amide bonds. The maximum absolute atomic E-state index is 6.55. The Labute approximate surface area is 123 Å². The molecule has 2 aromatic rings. The Kier molecular flexibility index (Phi) is 4.46. The third-order valence-electron chi connectivity index (χ3n) is 3.47. The Hall–Kier alpha value is -1.38. The lowest BCUT2D eigenvalue weighted by Crippen LogP contribution is -2.51. The first-order valence-electron chi connectivity index (χ1n) is 7.19. The molecule has 106 valence electrons. The van der Waals surface area contributed by atoms with Gasteiger partial charge in [-0.15, -0.1) is 0 Å².